The van der Waals surface area contributed by atoms with Crippen LogP contribution in [0.25, 0.3) is 10.9 Å². The Morgan fingerprint density at radius 1 is 1.08 bits per heavy atom. The molecule has 0 aliphatic carbocycles. The van der Waals surface area contributed by atoms with Crippen LogP contribution < -0.4 is 4.31 Å². The number of likely N-dealkylation sites (N-methyl/N-ethyl adjacent to an activating group) is 1. The van der Waals surface area contributed by atoms with Crippen molar-refractivity contribution >= 4 is 44.0 Å². The maximum atomic E-state index is 12.3. The predicted octanol–water partition coefficient (Wildman–Crippen LogP) is 4.30. The van der Waals surface area contributed by atoms with Gasteiger partial charge in [-0.3, -0.25) is 9.30 Å². The molecule has 0 bridgehead atoms. The summed E-state index contributed by atoms with van der Waals surface area (Å²) >= 11 is 0. The van der Waals surface area contributed by atoms with Crippen LogP contribution in [-0.2, 0) is 14.8 Å². The van der Waals surface area contributed by atoms with Crippen LogP contribution in [-0.4, -0.2) is 75.1 Å². The van der Waals surface area contributed by atoms with Crippen LogP contribution in [0.2, 0.25) is 0 Å². The molecule has 10 heteroatoms. The van der Waals surface area contributed by atoms with Crippen LogP contribution >= 0.6 is 0 Å². The van der Waals surface area contributed by atoms with Gasteiger partial charge in [-0.1, -0.05) is 19.4 Å². The molecule has 1 aromatic heterocycles. The quantitative estimate of drug-likeness (QED) is 0.291. The zero-order valence-electron chi connectivity index (χ0n) is 21.4. The van der Waals surface area contributed by atoms with Gasteiger partial charge in [0.2, 0.25) is 10.0 Å². The molecule has 0 fully saturated rings. The highest BCUT2D eigenvalue weighted by Crippen LogP contribution is 2.32. The van der Waals surface area contributed by atoms with Gasteiger partial charge in [0, 0.05) is 24.0 Å². The Hall–Kier alpha value is -3.37. The molecular weight excluding hydrogens is 480 g/mol. The largest absolute Gasteiger partial charge is 0.494 e. The maximum Gasteiger partial charge on any atom is 0.338 e. The SMILES string of the molecule is CCCC(=Nc1ccc(N(CCN(C)C)S(C)(=O)=O)cc1)c1c(O)[nH]c2cc(C(=O)OCC)ccc12. The van der Waals surface area contributed by atoms with Crippen molar-refractivity contribution in [3.05, 3.63) is 53.6 Å². The van der Waals surface area contributed by atoms with Crippen molar-refractivity contribution in [3.8, 4) is 5.88 Å². The van der Waals surface area contributed by atoms with Gasteiger partial charge in [0.1, 0.15) is 0 Å². The van der Waals surface area contributed by atoms with E-state index in [1.165, 1.54) is 10.6 Å². The second-order valence-electron chi connectivity index (χ2n) is 8.79. The van der Waals surface area contributed by atoms with E-state index < -0.39 is 16.0 Å². The zero-order valence-corrected chi connectivity index (χ0v) is 22.2. The molecule has 3 rings (SSSR count). The fourth-order valence-electron chi connectivity index (χ4n) is 3.92. The number of ether oxygens (including phenoxy) is 1. The number of aromatic amines is 1. The lowest BCUT2D eigenvalue weighted by atomic mass is 10.0. The molecule has 0 unspecified atom stereocenters. The third-order valence-corrected chi connectivity index (χ3v) is 6.81. The minimum atomic E-state index is -3.44. The van der Waals surface area contributed by atoms with Gasteiger partial charge in [-0.25, -0.2) is 13.2 Å². The summed E-state index contributed by atoms with van der Waals surface area (Å²) in [4.78, 5) is 21.8. The number of nitrogens with zero attached hydrogens (tertiary/aromatic N) is 3. The van der Waals surface area contributed by atoms with Crippen molar-refractivity contribution < 1.29 is 23.1 Å². The molecule has 2 aromatic carbocycles. The molecule has 0 saturated carbocycles. The van der Waals surface area contributed by atoms with Crippen LogP contribution in [0.1, 0.15) is 42.6 Å². The van der Waals surface area contributed by atoms with E-state index in [0.29, 0.717) is 53.2 Å². The second kappa shape index (κ2) is 11.6. The number of carbonyl (C=O) groups is 1. The van der Waals surface area contributed by atoms with Gasteiger partial charge in [-0.2, -0.15) is 0 Å². The molecular formula is C26H34N4O5S. The summed E-state index contributed by atoms with van der Waals surface area (Å²) in [5.41, 5.74) is 3.47. The van der Waals surface area contributed by atoms with Crippen molar-refractivity contribution in [2.45, 2.75) is 26.7 Å². The Bertz CT molecular complexity index is 1340. The summed E-state index contributed by atoms with van der Waals surface area (Å²) in [6.07, 6.45) is 2.61. The van der Waals surface area contributed by atoms with Crippen molar-refractivity contribution in [1.82, 2.24) is 9.88 Å². The first kappa shape index (κ1) is 27.2. The molecule has 1 heterocycles. The summed E-state index contributed by atoms with van der Waals surface area (Å²) < 4.78 is 31.1. The highest BCUT2D eigenvalue weighted by molar-refractivity contribution is 7.92. The topological polar surface area (TPSA) is 115 Å². The lowest BCUT2D eigenvalue weighted by Gasteiger charge is -2.24. The number of sulfonamides is 1. The van der Waals surface area contributed by atoms with E-state index in [1.807, 2.05) is 25.9 Å². The van der Waals surface area contributed by atoms with Gasteiger partial charge in [0.05, 0.1) is 41.1 Å². The van der Waals surface area contributed by atoms with Gasteiger partial charge >= 0.3 is 5.97 Å². The molecule has 194 valence electrons. The number of rotatable bonds is 11. The Morgan fingerprint density at radius 3 is 2.36 bits per heavy atom. The Morgan fingerprint density at radius 2 is 1.78 bits per heavy atom. The van der Waals surface area contributed by atoms with Crippen molar-refractivity contribution in [2.75, 3.05) is 44.4 Å². The summed E-state index contributed by atoms with van der Waals surface area (Å²) in [6, 6.07) is 12.1. The number of benzene rings is 2. The number of hydrogen-bond acceptors (Lipinski definition) is 7. The molecule has 2 N–H and O–H groups in total. The zero-order chi connectivity index (χ0) is 26.5. The number of hydrogen-bond donors (Lipinski definition) is 2. The van der Waals surface area contributed by atoms with Crippen LogP contribution in [0, 0.1) is 0 Å². The number of anilines is 1. The normalized spacial score (nSPS) is 12.3. The van der Waals surface area contributed by atoms with Gasteiger partial charge in [0.15, 0.2) is 5.88 Å². The molecule has 0 spiro atoms. The monoisotopic (exact) mass is 514 g/mol. The molecule has 0 amide bonds. The van der Waals surface area contributed by atoms with Crippen molar-refractivity contribution in [2.24, 2.45) is 4.99 Å². The Balaban J connectivity index is 1.98. The molecule has 0 radical (unpaired) electrons. The lowest BCUT2D eigenvalue weighted by Crippen LogP contribution is -2.35. The van der Waals surface area contributed by atoms with E-state index >= 15 is 0 Å². The summed E-state index contributed by atoms with van der Waals surface area (Å²) in [6.45, 7) is 4.98. The summed E-state index contributed by atoms with van der Waals surface area (Å²) in [5, 5.41) is 11.5. The van der Waals surface area contributed by atoms with Gasteiger partial charge in [-0.05, 0) is 63.8 Å². The van der Waals surface area contributed by atoms with E-state index in [2.05, 4.69) is 4.98 Å². The molecule has 0 aliphatic rings. The third kappa shape index (κ3) is 6.44. The van der Waals surface area contributed by atoms with Gasteiger partial charge in [0.25, 0.3) is 0 Å². The van der Waals surface area contributed by atoms with Crippen LogP contribution in [0.3, 0.4) is 0 Å². The number of nitrogens with one attached hydrogen (secondary N) is 1. The number of H-pyrrole nitrogens is 1. The van der Waals surface area contributed by atoms with Gasteiger partial charge in [-0.15, -0.1) is 0 Å². The molecule has 0 atom stereocenters. The average Bonchev–Trinajstić information content (AvgIpc) is 3.13. The summed E-state index contributed by atoms with van der Waals surface area (Å²) in [7, 11) is 0.352. The number of aromatic hydroxyl groups is 1. The van der Waals surface area contributed by atoms with E-state index in [0.717, 1.165) is 11.8 Å². The predicted molar refractivity (Wildman–Crippen MR) is 144 cm³/mol. The lowest BCUT2D eigenvalue weighted by molar-refractivity contribution is 0.0526. The van der Waals surface area contributed by atoms with Crippen LogP contribution in [0.15, 0.2) is 47.5 Å². The average molecular weight is 515 g/mol. The first-order chi connectivity index (χ1) is 17.0. The van der Waals surface area contributed by atoms with E-state index in [4.69, 9.17) is 9.73 Å². The molecule has 0 aliphatic heterocycles. The van der Waals surface area contributed by atoms with Crippen molar-refractivity contribution in [3.63, 3.8) is 0 Å². The fraction of sp³-hybridized carbons (Fsp3) is 0.385. The molecule has 9 nitrogen and oxygen atoms in total. The number of esters is 1. The van der Waals surface area contributed by atoms with E-state index in [9.17, 15) is 18.3 Å². The Kier molecular flexibility index (Phi) is 8.75. The van der Waals surface area contributed by atoms with Crippen LogP contribution in [0.4, 0.5) is 11.4 Å². The highest BCUT2D eigenvalue weighted by Gasteiger charge is 2.20. The molecule has 3 aromatic rings. The number of carbonyl (C=O) groups excluding carboxylic acids is 1. The smallest absolute Gasteiger partial charge is 0.338 e. The van der Waals surface area contributed by atoms with E-state index in [-0.39, 0.29) is 12.5 Å². The number of fused-ring (bicyclic) bond motifs is 1. The van der Waals surface area contributed by atoms with Gasteiger partial charge < -0.3 is 19.7 Å². The first-order valence-electron chi connectivity index (χ1n) is 11.9. The standard InChI is InChI=1S/C26H34N4O5S/c1-6-8-22(24-21-14-9-18(26(32)35-7-2)17-23(21)28-25(24)31)27-19-10-12-20(13-11-19)30(36(5,33)34)16-15-29(3)4/h9-14,17,28,31H,6-8,15-16H2,1-5H3. The second-order valence-corrected chi connectivity index (χ2v) is 10.7. The highest BCUT2D eigenvalue weighted by atomic mass is 32.2. The van der Waals surface area contributed by atoms with Crippen LogP contribution in [0.5, 0.6) is 5.88 Å². The maximum absolute atomic E-state index is 12.3. The number of aromatic nitrogens is 1. The fourth-order valence-corrected chi connectivity index (χ4v) is 4.83. The molecule has 36 heavy (non-hydrogen) atoms. The Labute approximate surface area is 212 Å². The first-order valence-corrected chi connectivity index (χ1v) is 13.7. The minimum Gasteiger partial charge on any atom is -0.494 e. The number of aliphatic imine (C=N–C) groups is 1. The molecule has 0 saturated heterocycles. The minimum absolute atomic E-state index is 0.0261. The third-order valence-electron chi connectivity index (χ3n) is 5.62. The van der Waals surface area contributed by atoms with Crippen molar-refractivity contribution in [1.29, 1.82) is 0 Å². The van der Waals surface area contributed by atoms with E-state index in [1.54, 1.807) is 49.4 Å². The summed E-state index contributed by atoms with van der Waals surface area (Å²) in [5.74, 6) is -0.451.